The fraction of sp³-hybridized carbons (Fsp3) is 0.824. The average molecular weight is 290 g/mol. The van der Waals surface area contributed by atoms with E-state index in [9.17, 15) is 0 Å². The predicted octanol–water partition coefficient (Wildman–Crippen LogP) is 2.43. The molecule has 0 amide bonds. The van der Waals surface area contributed by atoms with Crippen LogP contribution >= 0.6 is 0 Å². The highest BCUT2D eigenvalue weighted by Crippen LogP contribution is 2.28. The number of piperidine rings is 1. The second kappa shape index (κ2) is 5.73. The molecule has 3 heterocycles. The lowest BCUT2D eigenvalue weighted by Gasteiger charge is -2.35. The van der Waals surface area contributed by atoms with Crippen LogP contribution in [0.25, 0.3) is 0 Å². The van der Waals surface area contributed by atoms with Gasteiger partial charge in [0.05, 0.1) is 5.69 Å². The highest BCUT2D eigenvalue weighted by atomic mass is 15.3. The second-order valence-corrected chi connectivity index (χ2v) is 7.86. The number of nitrogens with one attached hydrogen (secondary N) is 1. The summed E-state index contributed by atoms with van der Waals surface area (Å²) < 4.78 is 1.96. The molecule has 2 fully saturated rings. The summed E-state index contributed by atoms with van der Waals surface area (Å²) in [5.74, 6) is 0. The van der Waals surface area contributed by atoms with Crippen molar-refractivity contribution < 1.29 is 0 Å². The number of rotatable bonds is 3. The summed E-state index contributed by atoms with van der Waals surface area (Å²) in [6.07, 6.45) is 7.59. The first-order valence-electron chi connectivity index (χ1n) is 8.44. The molecule has 2 atom stereocenters. The molecule has 3 rings (SSSR count). The quantitative estimate of drug-likeness (QED) is 0.928. The van der Waals surface area contributed by atoms with Gasteiger partial charge in [-0.05, 0) is 38.8 Å². The zero-order valence-corrected chi connectivity index (χ0v) is 14.0. The van der Waals surface area contributed by atoms with Crippen LogP contribution in [0.3, 0.4) is 0 Å². The number of aryl methyl sites for hydroxylation is 1. The Morgan fingerprint density at radius 2 is 2.10 bits per heavy atom. The lowest BCUT2D eigenvalue weighted by atomic mass is 9.89. The molecule has 0 radical (unpaired) electrons. The second-order valence-electron chi connectivity index (χ2n) is 7.86. The van der Waals surface area contributed by atoms with Crippen LogP contribution < -0.4 is 5.32 Å². The van der Waals surface area contributed by atoms with Gasteiger partial charge in [-0.1, -0.05) is 20.8 Å². The third-order valence-corrected chi connectivity index (χ3v) is 5.02. The van der Waals surface area contributed by atoms with Gasteiger partial charge in [-0.25, -0.2) is 0 Å². The molecular formula is C17H30N4. The normalized spacial score (nSPS) is 27.0. The van der Waals surface area contributed by atoms with E-state index in [0.717, 1.165) is 12.6 Å². The molecule has 1 aromatic rings. The minimum absolute atomic E-state index is 0.118. The molecule has 2 unspecified atom stereocenters. The highest BCUT2D eigenvalue weighted by Gasteiger charge is 2.31. The maximum atomic E-state index is 4.67. The first-order valence-corrected chi connectivity index (χ1v) is 8.44. The van der Waals surface area contributed by atoms with Crippen LogP contribution in [-0.4, -0.2) is 39.9 Å². The van der Waals surface area contributed by atoms with Crippen molar-refractivity contribution in [1.82, 2.24) is 20.0 Å². The van der Waals surface area contributed by atoms with Crippen molar-refractivity contribution in [2.45, 2.75) is 70.5 Å². The third-order valence-electron chi connectivity index (χ3n) is 5.02. The highest BCUT2D eigenvalue weighted by molar-refractivity contribution is 5.24. The van der Waals surface area contributed by atoms with Gasteiger partial charge in [0, 0.05) is 42.9 Å². The van der Waals surface area contributed by atoms with E-state index in [1.807, 2.05) is 11.7 Å². The zero-order chi connectivity index (χ0) is 15.0. The van der Waals surface area contributed by atoms with Crippen LogP contribution in [-0.2, 0) is 19.0 Å². The first-order chi connectivity index (χ1) is 9.93. The van der Waals surface area contributed by atoms with Crippen LogP contribution in [0.2, 0.25) is 0 Å². The van der Waals surface area contributed by atoms with Crippen LogP contribution in [0.4, 0.5) is 0 Å². The summed E-state index contributed by atoms with van der Waals surface area (Å²) in [6, 6.07) is 1.52. The zero-order valence-electron chi connectivity index (χ0n) is 14.0. The third kappa shape index (κ3) is 3.32. The largest absolute Gasteiger partial charge is 0.310 e. The van der Waals surface area contributed by atoms with E-state index >= 15 is 0 Å². The van der Waals surface area contributed by atoms with Gasteiger partial charge in [0.1, 0.15) is 0 Å². The summed E-state index contributed by atoms with van der Waals surface area (Å²) in [6.45, 7) is 10.3. The van der Waals surface area contributed by atoms with Crippen LogP contribution in [0.1, 0.15) is 57.7 Å². The van der Waals surface area contributed by atoms with Crippen LogP contribution in [0.15, 0.2) is 6.20 Å². The minimum atomic E-state index is 0.118. The molecule has 4 heteroatoms. The van der Waals surface area contributed by atoms with E-state index in [1.165, 1.54) is 50.0 Å². The van der Waals surface area contributed by atoms with Gasteiger partial charge in [-0.15, -0.1) is 0 Å². The molecule has 2 aliphatic heterocycles. The summed E-state index contributed by atoms with van der Waals surface area (Å²) >= 11 is 0. The SMILES string of the molecule is Cn1cc(CNC2CCN3CCCC3C2)c(C(C)(C)C)n1. The fourth-order valence-electron chi connectivity index (χ4n) is 3.96. The maximum absolute atomic E-state index is 4.67. The maximum Gasteiger partial charge on any atom is 0.0722 e. The molecule has 0 aromatic carbocycles. The van der Waals surface area contributed by atoms with Gasteiger partial charge in [-0.3, -0.25) is 4.68 Å². The fourth-order valence-corrected chi connectivity index (χ4v) is 3.96. The minimum Gasteiger partial charge on any atom is -0.310 e. The molecule has 2 saturated heterocycles. The standard InChI is InChI=1S/C17H30N4/c1-17(2,3)16-13(12-20(4)19-16)11-18-14-7-9-21-8-5-6-15(21)10-14/h12,14-15,18H,5-11H2,1-4H3. The number of nitrogens with zero attached hydrogens (tertiary/aromatic N) is 3. The Labute approximate surface area is 128 Å². The predicted molar refractivity (Wildman–Crippen MR) is 86.4 cm³/mol. The molecule has 0 aliphatic carbocycles. The monoisotopic (exact) mass is 290 g/mol. The number of fused-ring (bicyclic) bond motifs is 1. The molecule has 0 bridgehead atoms. The van der Waals surface area contributed by atoms with Gasteiger partial charge in [0.15, 0.2) is 0 Å². The van der Waals surface area contributed by atoms with E-state index in [0.29, 0.717) is 6.04 Å². The van der Waals surface area contributed by atoms with Gasteiger partial charge >= 0.3 is 0 Å². The Kier molecular flexibility index (Phi) is 4.10. The smallest absolute Gasteiger partial charge is 0.0722 e. The Bertz CT molecular complexity index is 485. The molecule has 21 heavy (non-hydrogen) atoms. The molecule has 2 aliphatic rings. The van der Waals surface area contributed by atoms with Crippen molar-refractivity contribution in [3.05, 3.63) is 17.5 Å². The molecule has 0 spiro atoms. The molecule has 118 valence electrons. The van der Waals surface area contributed by atoms with Gasteiger partial charge in [0.2, 0.25) is 0 Å². The lowest BCUT2D eigenvalue weighted by molar-refractivity contribution is 0.166. The summed E-state index contributed by atoms with van der Waals surface area (Å²) in [5.41, 5.74) is 2.71. The van der Waals surface area contributed by atoms with Crippen molar-refractivity contribution in [3.8, 4) is 0 Å². The summed E-state index contributed by atoms with van der Waals surface area (Å²) in [7, 11) is 2.02. The number of aromatic nitrogens is 2. The topological polar surface area (TPSA) is 33.1 Å². The van der Waals surface area contributed by atoms with Crippen molar-refractivity contribution in [1.29, 1.82) is 0 Å². The lowest BCUT2D eigenvalue weighted by Crippen LogP contribution is -2.45. The van der Waals surface area contributed by atoms with E-state index in [1.54, 1.807) is 0 Å². The average Bonchev–Trinajstić information content (AvgIpc) is 3.01. The molecular weight excluding hydrogens is 260 g/mol. The van der Waals surface area contributed by atoms with Gasteiger partial charge in [-0.2, -0.15) is 5.10 Å². The molecule has 4 nitrogen and oxygen atoms in total. The van der Waals surface area contributed by atoms with Crippen LogP contribution in [0.5, 0.6) is 0 Å². The van der Waals surface area contributed by atoms with E-state index in [2.05, 4.69) is 42.3 Å². The first kappa shape index (κ1) is 15.0. The van der Waals surface area contributed by atoms with Crippen molar-refractivity contribution in [2.75, 3.05) is 13.1 Å². The van der Waals surface area contributed by atoms with Crippen LogP contribution in [0, 0.1) is 0 Å². The Balaban J connectivity index is 1.60. The van der Waals surface area contributed by atoms with E-state index in [-0.39, 0.29) is 5.41 Å². The van der Waals surface area contributed by atoms with Gasteiger partial charge in [0.25, 0.3) is 0 Å². The Morgan fingerprint density at radius 3 is 2.86 bits per heavy atom. The van der Waals surface area contributed by atoms with Crippen molar-refractivity contribution >= 4 is 0 Å². The molecule has 0 saturated carbocycles. The van der Waals surface area contributed by atoms with Crippen molar-refractivity contribution in [3.63, 3.8) is 0 Å². The molecule has 1 N–H and O–H groups in total. The van der Waals surface area contributed by atoms with E-state index in [4.69, 9.17) is 0 Å². The summed E-state index contributed by atoms with van der Waals surface area (Å²) in [4.78, 5) is 2.68. The Morgan fingerprint density at radius 1 is 1.29 bits per heavy atom. The Hall–Kier alpha value is -0.870. The van der Waals surface area contributed by atoms with Gasteiger partial charge < -0.3 is 10.2 Å². The van der Waals surface area contributed by atoms with Crippen molar-refractivity contribution in [2.24, 2.45) is 7.05 Å². The van der Waals surface area contributed by atoms with E-state index < -0.39 is 0 Å². The number of hydrogen-bond acceptors (Lipinski definition) is 3. The number of hydrogen-bond donors (Lipinski definition) is 1. The summed E-state index contributed by atoms with van der Waals surface area (Å²) in [5, 5.41) is 8.46. The molecule has 1 aromatic heterocycles.